The van der Waals surface area contributed by atoms with Gasteiger partial charge in [-0.15, -0.1) is 0 Å². The molecule has 1 amide bonds. The van der Waals surface area contributed by atoms with Gasteiger partial charge in [-0.05, 0) is 42.5 Å². The maximum absolute atomic E-state index is 12.4. The summed E-state index contributed by atoms with van der Waals surface area (Å²) in [6.45, 7) is 2.29. The van der Waals surface area contributed by atoms with Gasteiger partial charge in [0.05, 0.1) is 22.8 Å². The molecule has 0 fully saturated rings. The lowest BCUT2D eigenvalue weighted by molar-refractivity contribution is -0.116. The minimum atomic E-state index is -3.75. The number of fused-ring (bicyclic) bond motifs is 1. The van der Waals surface area contributed by atoms with E-state index in [1.54, 1.807) is 23.1 Å². The number of anilines is 2. The number of amides is 1. The summed E-state index contributed by atoms with van der Waals surface area (Å²) in [7, 11) is -3.75. The molecule has 6 nitrogen and oxygen atoms in total. The Morgan fingerprint density at radius 2 is 1.92 bits per heavy atom. The van der Waals surface area contributed by atoms with E-state index in [2.05, 4.69) is 4.72 Å². The molecule has 0 spiro atoms. The van der Waals surface area contributed by atoms with Crippen LogP contribution in [0.5, 0.6) is 5.75 Å². The van der Waals surface area contributed by atoms with Gasteiger partial charge in [0, 0.05) is 11.9 Å². The van der Waals surface area contributed by atoms with Gasteiger partial charge in [-0.3, -0.25) is 9.52 Å². The van der Waals surface area contributed by atoms with Crippen molar-refractivity contribution in [2.75, 3.05) is 22.8 Å². The number of carbonyl (C=O) groups is 1. The molecule has 1 heterocycles. The van der Waals surface area contributed by atoms with Crippen LogP contribution in [0.2, 0.25) is 5.02 Å². The maximum atomic E-state index is 12.4. The van der Waals surface area contributed by atoms with Crippen molar-refractivity contribution < 1.29 is 17.9 Å². The highest BCUT2D eigenvalue weighted by Gasteiger charge is 2.22. The summed E-state index contributed by atoms with van der Waals surface area (Å²) in [6.07, 6.45) is 0. The smallest absolute Gasteiger partial charge is 0.261 e. The molecule has 2 aromatic carbocycles. The van der Waals surface area contributed by atoms with Crippen molar-refractivity contribution in [3.8, 4) is 5.75 Å². The zero-order valence-electron chi connectivity index (χ0n) is 12.8. The Hall–Kier alpha value is -2.25. The normalized spacial score (nSPS) is 13.8. The monoisotopic (exact) mass is 366 g/mol. The Labute approximate surface area is 145 Å². The Balaban J connectivity index is 1.92. The second kappa shape index (κ2) is 6.33. The number of nitrogens with zero attached hydrogens (tertiary/aromatic N) is 1. The van der Waals surface area contributed by atoms with Crippen LogP contribution in [-0.4, -0.2) is 27.5 Å². The molecule has 0 atom stereocenters. The van der Waals surface area contributed by atoms with Crippen LogP contribution in [0, 0.1) is 0 Å². The van der Waals surface area contributed by atoms with Crippen LogP contribution in [0.15, 0.2) is 47.4 Å². The standard InChI is InChI=1S/C16H15ClN2O4S/c1-11(20)19-8-9-23-16-7-4-13(10-15(16)19)18-24(21,22)14-5-2-12(17)3-6-14/h2-7,10,18H,8-9H2,1H3. The first-order valence-corrected chi connectivity index (χ1v) is 9.06. The Kier molecular flexibility index (Phi) is 4.38. The van der Waals surface area contributed by atoms with Gasteiger partial charge < -0.3 is 9.64 Å². The lowest BCUT2D eigenvalue weighted by Crippen LogP contribution is -2.36. The van der Waals surface area contributed by atoms with Gasteiger partial charge in [0.15, 0.2) is 0 Å². The average molecular weight is 367 g/mol. The molecule has 126 valence electrons. The molecule has 1 aliphatic rings. The first-order chi connectivity index (χ1) is 11.4. The lowest BCUT2D eigenvalue weighted by Gasteiger charge is -2.29. The van der Waals surface area contributed by atoms with Gasteiger partial charge in [0.25, 0.3) is 10.0 Å². The maximum Gasteiger partial charge on any atom is 0.261 e. The van der Waals surface area contributed by atoms with E-state index in [-0.39, 0.29) is 10.8 Å². The van der Waals surface area contributed by atoms with Crippen molar-refractivity contribution in [3.63, 3.8) is 0 Å². The number of carbonyl (C=O) groups excluding carboxylic acids is 1. The van der Waals surface area contributed by atoms with E-state index >= 15 is 0 Å². The van der Waals surface area contributed by atoms with E-state index in [4.69, 9.17) is 16.3 Å². The number of halogens is 1. The van der Waals surface area contributed by atoms with Gasteiger partial charge >= 0.3 is 0 Å². The molecular formula is C16H15ClN2O4S. The zero-order valence-corrected chi connectivity index (χ0v) is 14.4. The van der Waals surface area contributed by atoms with E-state index in [1.807, 2.05) is 0 Å². The fourth-order valence-electron chi connectivity index (χ4n) is 2.44. The second-order valence-electron chi connectivity index (χ2n) is 5.26. The molecule has 1 N–H and O–H groups in total. The average Bonchev–Trinajstić information content (AvgIpc) is 2.54. The molecule has 0 bridgehead atoms. The third kappa shape index (κ3) is 3.32. The van der Waals surface area contributed by atoms with Crippen LogP contribution >= 0.6 is 11.6 Å². The molecule has 0 saturated carbocycles. The van der Waals surface area contributed by atoms with Crippen LogP contribution in [0.4, 0.5) is 11.4 Å². The summed E-state index contributed by atoms with van der Waals surface area (Å²) in [5.41, 5.74) is 0.894. The van der Waals surface area contributed by atoms with Gasteiger partial charge in [-0.25, -0.2) is 8.42 Å². The summed E-state index contributed by atoms with van der Waals surface area (Å²) < 4.78 is 32.9. The summed E-state index contributed by atoms with van der Waals surface area (Å²) in [6, 6.07) is 10.7. The number of nitrogens with one attached hydrogen (secondary N) is 1. The van der Waals surface area contributed by atoms with Crippen molar-refractivity contribution in [1.29, 1.82) is 0 Å². The number of rotatable bonds is 3. The number of sulfonamides is 1. The Bertz CT molecular complexity index is 881. The summed E-state index contributed by atoms with van der Waals surface area (Å²) in [5.74, 6) is 0.420. The van der Waals surface area contributed by atoms with Crippen LogP contribution in [0.1, 0.15) is 6.92 Å². The molecule has 0 radical (unpaired) electrons. The minimum absolute atomic E-state index is 0.101. The molecule has 1 aliphatic heterocycles. The topological polar surface area (TPSA) is 75.7 Å². The van der Waals surface area contributed by atoms with E-state index in [0.29, 0.717) is 35.3 Å². The van der Waals surface area contributed by atoms with E-state index in [1.165, 1.54) is 31.2 Å². The molecule has 8 heteroatoms. The number of hydrogen-bond acceptors (Lipinski definition) is 4. The SMILES string of the molecule is CC(=O)N1CCOc2ccc(NS(=O)(=O)c3ccc(Cl)cc3)cc21. The lowest BCUT2D eigenvalue weighted by atomic mass is 10.2. The Morgan fingerprint density at radius 3 is 2.58 bits per heavy atom. The van der Waals surface area contributed by atoms with Crippen LogP contribution in [0.25, 0.3) is 0 Å². The largest absolute Gasteiger partial charge is 0.490 e. The van der Waals surface area contributed by atoms with Gasteiger partial charge in [0.1, 0.15) is 12.4 Å². The molecule has 0 unspecified atom stereocenters. The number of hydrogen-bond donors (Lipinski definition) is 1. The third-order valence-corrected chi connectivity index (χ3v) is 5.23. The highest BCUT2D eigenvalue weighted by molar-refractivity contribution is 7.92. The van der Waals surface area contributed by atoms with Crippen molar-refractivity contribution in [2.24, 2.45) is 0 Å². The van der Waals surface area contributed by atoms with E-state index in [9.17, 15) is 13.2 Å². The van der Waals surface area contributed by atoms with Crippen LogP contribution in [-0.2, 0) is 14.8 Å². The van der Waals surface area contributed by atoms with Gasteiger partial charge in [0.2, 0.25) is 5.91 Å². The number of ether oxygens (including phenoxy) is 1. The van der Waals surface area contributed by atoms with Gasteiger partial charge in [-0.2, -0.15) is 0 Å². The highest BCUT2D eigenvalue weighted by Crippen LogP contribution is 2.34. The fourth-order valence-corrected chi connectivity index (χ4v) is 3.61. The predicted molar refractivity (Wildman–Crippen MR) is 92.2 cm³/mol. The molecule has 0 aromatic heterocycles. The predicted octanol–water partition coefficient (Wildman–Crippen LogP) is 2.89. The van der Waals surface area contributed by atoms with Crippen LogP contribution in [0.3, 0.4) is 0 Å². The molecular weight excluding hydrogens is 352 g/mol. The highest BCUT2D eigenvalue weighted by atomic mass is 35.5. The first kappa shape index (κ1) is 16.6. The zero-order chi connectivity index (χ0) is 17.3. The third-order valence-electron chi connectivity index (χ3n) is 3.58. The van der Waals surface area contributed by atoms with E-state index in [0.717, 1.165) is 0 Å². The second-order valence-corrected chi connectivity index (χ2v) is 7.38. The van der Waals surface area contributed by atoms with Crippen LogP contribution < -0.4 is 14.4 Å². The van der Waals surface area contributed by atoms with Crippen molar-refractivity contribution >= 4 is 38.9 Å². The quantitative estimate of drug-likeness (QED) is 0.906. The van der Waals surface area contributed by atoms with Crippen molar-refractivity contribution in [3.05, 3.63) is 47.5 Å². The number of benzene rings is 2. The molecule has 0 saturated heterocycles. The minimum Gasteiger partial charge on any atom is -0.490 e. The van der Waals surface area contributed by atoms with Gasteiger partial charge in [-0.1, -0.05) is 11.6 Å². The molecule has 3 rings (SSSR count). The Morgan fingerprint density at radius 1 is 1.21 bits per heavy atom. The summed E-state index contributed by atoms with van der Waals surface area (Å²) in [5, 5.41) is 0.456. The fraction of sp³-hybridized carbons (Fsp3) is 0.188. The first-order valence-electron chi connectivity index (χ1n) is 7.20. The van der Waals surface area contributed by atoms with Crippen molar-refractivity contribution in [2.45, 2.75) is 11.8 Å². The molecule has 2 aromatic rings. The van der Waals surface area contributed by atoms with E-state index < -0.39 is 10.0 Å². The summed E-state index contributed by atoms with van der Waals surface area (Å²) >= 11 is 5.78. The summed E-state index contributed by atoms with van der Waals surface area (Å²) in [4.78, 5) is 13.4. The molecule has 0 aliphatic carbocycles. The molecule has 24 heavy (non-hydrogen) atoms. The van der Waals surface area contributed by atoms with Crippen molar-refractivity contribution in [1.82, 2.24) is 0 Å².